The molecule has 0 saturated carbocycles. The minimum Gasteiger partial charge on any atom is -0.379 e. The van der Waals surface area contributed by atoms with E-state index in [2.05, 4.69) is 41.3 Å². The number of Topliss-reactive ketones (excluding diaryl/α,β-unsaturated/α-hetero) is 1. The molecule has 1 heterocycles. The Morgan fingerprint density at radius 1 is 0.886 bits per heavy atom. The van der Waals surface area contributed by atoms with Crippen molar-refractivity contribution in [1.29, 1.82) is 0 Å². The zero-order valence-corrected chi connectivity index (χ0v) is 20.4. The number of carbonyl (C=O) groups excluding carboxylic acids is 1. The largest absolute Gasteiger partial charge is 0.379 e. The van der Waals surface area contributed by atoms with Crippen LogP contribution in [0.3, 0.4) is 0 Å². The lowest BCUT2D eigenvalue weighted by Crippen LogP contribution is -2.36. The van der Waals surface area contributed by atoms with Gasteiger partial charge >= 0.3 is 0 Å². The topological polar surface area (TPSA) is 29.5 Å². The smallest absolute Gasteiger partial charge is 0.134 e. The van der Waals surface area contributed by atoms with Crippen molar-refractivity contribution in [3.05, 3.63) is 95.3 Å². The molecule has 1 aliphatic rings. The Morgan fingerprint density at radius 3 is 2.00 bits per heavy atom. The summed E-state index contributed by atoms with van der Waals surface area (Å²) in [5.74, 6) is 0.0588. The quantitative estimate of drug-likeness (QED) is 0.358. The van der Waals surface area contributed by atoms with E-state index in [4.69, 9.17) is 4.74 Å². The van der Waals surface area contributed by atoms with Crippen LogP contribution in [0.1, 0.15) is 44.4 Å². The zero-order valence-electron chi connectivity index (χ0n) is 20.4. The van der Waals surface area contributed by atoms with Gasteiger partial charge in [0, 0.05) is 19.5 Å². The van der Waals surface area contributed by atoms with Crippen LogP contribution < -0.4 is 0 Å². The van der Waals surface area contributed by atoms with Crippen molar-refractivity contribution in [3.63, 3.8) is 0 Å². The fourth-order valence-corrected chi connectivity index (χ4v) is 4.05. The van der Waals surface area contributed by atoms with Crippen molar-refractivity contribution in [3.8, 4) is 11.1 Å². The van der Waals surface area contributed by atoms with Gasteiger partial charge in [-0.15, -0.1) is 0 Å². The molecule has 0 aromatic heterocycles. The van der Waals surface area contributed by atoms with Gasteiger partial charge in [0.05, 0.1) is 13.2 Å². The van der Waals surface area contributed by atoms with Crippen molar-refractivity contribution in [2.24, 2.45) is 0 Å². The number of ether oxygens (including phenoxy) is 1. The Labute approximate surface area is 210 Å². The molecule has 0 radical (unpaired) electrons. The highest BCUT2D eigenvalue weighted by Crippen LogP contribution is 2.21. The van der Waals surface area contributed by atoms with E-state index in [-0.39, 0.29) is 19.0 Å². The second kappa shape index (κ2) is 15.2. The predicted molar refractivity (Wildman–Crippen MR) is 144 cm³/mol. The van der Waals surface area contributed by atoms with E-state index in [0.29, 0.717) is 6.42 Å². The molecule has 4 rings (SSSR count). The van der Waals surface area contributed by atoms with E-state index in [0.717, 1.165) is 56.8 Å². The van der Waals surface area contributed by atoms with Gasteiger partial charge in [-0.1, -0.05) is 75.0 Å². The standard InChI is InChI=1S/C22H27NO2.C8H9F.CH4/c1-18(24)17-20-6-10-22(11-7-20)21-8-4-19(5-9-21)3-2-12-23-13-15-25-16-14-23;1-2-7-4-3-5-8(9)6-7;/h4-11H,2-3,12-17H2,1H3;3-6H,2H2,1H3;1H4. The fourth-order valence-electron chi connectivity index (χ4n) is 4.05. The van der Waals surface area contributed by atoms with Gasteiger partial charge < -0.3 is 4.74 Å². The maximum atomic E-state index is 12.4. The first kappa shape index (κ1) is 28.4. The number of hydrogen-bond acceptors (Lipinski definition) is 3. The Bertz CT molecular complexity index is 1010. The van der Waals surface area contributed by atoms with Crippen LogP contribution in [0, 0.1) is 5.82 Å². The summed E-state index contributed by atoms with van der Waals surface area (Å²) in [4.78, 5) is 13.7. The van der Waals surface area contributed by atoms with Gasteiger partial charge in [0.15, 0.2) is 0 Å². The Morgan fingerprint density at radius 2 is 1.49 bits per heavy atom. The molecule has 3 nitrogen and oxygen atoms in total. The number of halogens is 1. The van der Waals surface area contributed by atoms with Crippen LogP contribution in [-0.2, 0) is 28.8 Å². The maximum absolute atomic E-state index is 12.4. The number of aryl methyl sites for hydroxylation is 2. The van der Waals surface area contributed by atoms with Crippen molar-refractivity contribution in [2.45, 2.75) is 47.0 Å². The van der Waals surface area contributed by atoms with E-state index >= 15 is 0 Å². The van der Waals surface area contributed by atoms with E-state index in [1.807, 2.05) is 25.1 Å². The van der Waals surface area contributed by atoms with Crippen molar-refractivity contribution in [2.75, 3.05) is 32.8 Å². The minimum atomic E-state index is -0.144. The lowest BCUT2D eigenvalue weighted by atomic mass is 10.00. The highest BCUT2D eigenvalue weighted by atomic mass is 19.1. The van der Waals surface area contributed by atoms with E-state index in [1.165, 1.54) is 29.2 Å². The normalized spacial score (nSPS) is 13.3. The van der Waals surface area contributed by atoms with Crippen molar-refractivity contribution >= 4 is 5.78 Å². The van der Waals surface area contributed by atoms with Crippen LogP contribution in [0.5, 0.6) is 0 Å². The molecule has 3 aromatic carbocycles. The fraction of sp³-hybridized carbons (Fsp3) is 0.387. The van der Waals surface area contributed by atoms with Crippen molar-refractivity contribution in [1.82, 2.24) is 4.90 Å². The van der Waals surface area contributed by atoms with Gasteiger partial charge in [0.25, 0.3) is 0 Å². The van der Waals surface area contributed by atoms with Gasteiger partial charge in [0.2, 0.25) is 0 Å². The minimum absolute atomic E-state index is 0. The molecular formula is C31H40FNO2. The number of carbonyl (C=O) groups is 1. The summed E-state index contributed by atoms with van der Waals surface area (Å²) in [6, 6.07) is 23.8. The van der Waals surface area contributed by atoms with Crippen LogP contribution in [0.25, 0.3) is 11.1 Å². The molecule has 0 N–H and O–H groups in total. The molecule has 1 saturated heterocycles. The van der Waals surface area contributed by atoms with E-state index < -0.39 is 0 Å². The third kappa shape index (κ3) is 10.1. The van der Waals surface area contributed by atoms with E-state index in [9.17, 15) is 9.18 Å². The average molecular weight is 478 g/mol. The molecule has 4 heteroatoms. The summed E-state index contributed by atoms with van der Waals surface area (Å²) in [5, 5.41) is 0. The predicted octanol–water partition coefficient (Wildman–Crippen LogP) is 6.77. The monoisotopic (exact) mass is 477 g/mol. The summed E-state index contributed by atoms with van der Waals surface area (Å²) >= 11 is 0. The van der Waals surface area contributed by atoms with Crippen LogP contribution in [-0.4, -0.2) is 43.5 Å². The molecule has 0 spiro atoms. The summed E-state index contributed by atoms with van der Waals surface area (Å²) in [5.41, 5.74) is 5.95. The Balaban J connectivity index is 0.000000366. The number of hydrogen-bond donors (Lipinski definition) is 0. The highest BCUT2D eigenvalue weighted by molar-refractivity contribution is 5.78. The van der Waals surface area contributed by atoms with Gasteiger partial charge in [-0.05, 0) is 72.7 Å². The molecule has 35 heavy (non-hydrogen) atoms. The molecule has 1 aliphatic heterocycles. The molecule has 0 bridgehead atoms. The number of morpholine rings is 1. The van der Waals surface area contributed by atoms with Gasteiger partial charge in [-0.25, -0.2) is 4.39 Å². The summed E-state index contributed by atoms with van der Waals surface area (Å²) in [6.45, 7) is 8.68. The molecule has 1 fully saturated rings. The second-order valence-corrected chi connectivity index (χ2v) is 8.81. The summed E-state index contributed by atoms with van der Waals surface area (Å²) < 4.78 is 17.7. The molecule has 188 valence electrons. The van der Waals surface area contributed by atoms with Gasteiger partial charge in [-0.3, -0.25) is 9.69 Å². The number of nitrogens with zero attached hydrogens (tertiary/aromatic N) is 1. The SMILES string of the molecule is C.CC(=O)Cc1ccc(-c2ccc(CCCN3CCOCC3)cc2)cc1.CCc1cccc(F)c1. The summed E-state index contributed by atoms with van der Waals surface area (Å²) in [6.07, 6.45) is 3.73. The van der Waals surface area contributed by atoms with Crippen molar-refractivity contribution < 1.29 is 13.9 Å². The molecule has 0 unspecified atom stereocenters. The molecule has 0 amide bonds. The number of benzene rings is 3. The second-order valence-electron chi connectivity index (χ2n) is 8.81. The van der Waals surface area contributed by atoms with Crippen LogP contribution in [0.2, 0.25) is 0 Å². The number of ketones is 1. The average Bonchev–Trinajstić information content (AvgIpc) is 2.86. The van der Waals surface area contributed by atoms with Crippen LogP contribution in [0.4, 0.5) is 4.39 Å². The number of rotatable bonds is 8. The first-order valence-electron chi connectivity index (χ1n) is 12.3. The third-order valence-electron chi connectivity index (χ3n) is 6.04. The summed E-state index contributed by atoms with van der Waals surface area (Å²) in [7, 11) is 0. The maximum Gasteiger partial charge on any atom is 0.134 e. The van der Waals surface area contributed by atoms with E-state index in [1.54, 1.807) is 19.1 Å². The lowest BCUT2D eigenvalue weighted by molar-refractivity contribution is -0.116. The molecular weight excluding hydrogens is 437 g/mol. The first-order chi connectivity index (χ1) is 16.5. The molecule has 0 aliphatic carbocycles. The van der Waals surface area contributed by atoms with Gasteiger partial charge in [0.1, 0.15) is 11.6 Å². The molecule has 0 atom stereocenters. The Kier molecular flexibility index (Phi) is 12.4. The van der Waals surface area contributed by atoms with Crippen LogP contribution in [0.15, 0.2) is 72.8 Å². The highest BCUT2D eigenvalue weighted by Gasteiger charge is 2.09. The zero-order chi connectivity index (χ0) is 24.2. The third-order valence-corrected chi connectivity index (χ3v) is 6.04. The Hall–Kier alpha value is -2.82. The lowest BCUT2D eigenvalue weighted by Gasteiger charge is -2.26. The van der Waals surface area contributed by atoms with Gasteiger partial charge in [-0.2, -0.15) is 0 Å². The first-order valence-corrected chi connectivity index (χ1v) is 12.3. The molecule has 3 aromatic rings. The van der Waals surface area contributed by atoms with Crippen LogP contribution >= 0.6 is 0 Å².